The van der Waals surface area contributed by atoms with Gasteiger partial charge >= 0.3 is 5.97 Å². The van der Waals surface area contributed by atoms with Crippen LogP contribution in [0.2, 0.25) is 0 Å². The van der Waals surface area contributed by atoms with Crippen molar-refractivity contribution in [2.24, 2.45) is 0 Å². The second-order valence-corrected chi connectivity index (χ2v) is 4.71. The molecular weight excluding hydrogens is 234 g/mol. The van der Waals surface area contributed by atoms with Gasteiger partial charge in [0, 0.05) is 13.5 Å². The van der Waals surface area contributed by atoms with E-state index in [-0.39, 0.29) is 12.0 Å². The molecule has 0 saturated carbocycles. The van der Waals surface area contributed by atoms with E-state index in [1.54, 1.807) is 14.0 Å². The maximum absolute atomic E-state index is 11.8. The Balaban J connectivity index is 4.41. The Morgan fingerprint density at radius 1 is 1.33 bits per heavy atom. The smallest absolute Gasteiger partial charge is 0.331 e. The molecule has 18 heavy (non-hydrogen) atoms. The van der Waals surface area contributed by atoms with Gasteiger partial charge in [0.25, 0.3) is 0 Å². The topological polar surface area (TPSA) is 64.6 Å². The Hall–Kier alpha value is -1.10. The number of carbonyl (C=O) groups is 2. The van der Waals surface area contributed by atoms with Crippen LogP contribution in [0.1, 0.15) is 46.5 Å². The third-order valence-corrected chi connectivity index (χ3v) is 2.98. The average molecular weight is 259 g/mol. The average Bonchev–Trinajstić information content (AvgIpc) is 2.34. The van der Waals surface area contributed by atoms with Crippen LogP contribution < -0.4 is 5.32 Å². The zero-order chi connectivity index (χ0) is 14.2. The molecule has 2 unspecified atom stereocenters. The van der Waals surface area contributed by atoms with Crippen molar-refractivity contribution in [2.45, 2.75) is 58.1 Å². The van der Waals surface area contributed by atoms with E-state index in [9.17, 15) is 9.59 Å². The number of rotatable bonds is 8. The summed E-state index contributed by atoms with van der Waals surface area (Å²) in [7, 11) is 2.94. The minimum atomic E-state index is -0.934. The normalized spacial score (nSPS) is 15.6. The first kappa shape index (κ1) is 16.9. The number of nitrogens with one attached hydrogen (secondary N) is 1. The molecule has 5 heteroatoms. The highest BCUT2D eigenvalue weighted by atomic mass is 16.5. The lowest BCUT2D eigenvalue weighted by Gasteiger charge is -2.27. The summed E-state index contributed by atoms with van der Waals surface area (Å²) in [5, 5.41) is 2.76. The molecule has 0 heterocycles. The summed E-state index contributed by atoms with van der Waals surface area (Å²) in [5.41, 5.74) is -0.934. The maximum atomic E-state index is 11.8. The lowest BCUT2D eigenvalue weighted by molar-refractivity contribution is -0.150. The Kier molecular flexibility index (Phi) is 7.59. The van der Waals surface area contributed by atoms with E-state index in [4.69, 9.17) is 9.47 Å². The van der Waals surface area contributed by atoms with Crippen molar-refractivity contribution in [1.29, 1.82) is 0 Å². The second-order valence-electron chi connectivity index (χ2n) is 4.71. The molecule has 0 aliphatic carbocycles. The summed E-state index contributed by atoms with van der Waals surface area (Å²) in [6.07, 6.45) is 2.36. The van der Waals surface area contributed by atoms with Crippen LogP contribution in [-0.2, 0) is 19.1 Å². The largest absolute Gasteiger partial charge is 0.467 e. The Bertz CT molecular complexity index is 280. The van der Waals surface area contributed by atoms with Crippen molar-refractivity contribution in [3.63, 3.8) is 0 Å². The predicted octanol–water partition coefficient (Wildman–Crippen LogP) is 1.65. The predicted molar refractivity (Wildman–Crippen MR) is 69.2 cm³/mol. The van der Waals surface area contributed by atoms with Gasteiger partial charge < -0.3 is 14.8 Å². The molecule has 2 atom stereocenters. The Morgan fingerprint density at radius 2 is 1.94 bits per heavy atom. The summed E-state index contributed by atoms with van der Waals surface area (Å²) >= 11 is 0. The summed E-state index contributed by atoms with van der Waals surface area (Å²) in [4.78, 5) is 23.5. The van der Waals surface area contributed by atoms with Gasteiger partial charge in [-0.05, 0) is 26.7 Å². The molecule has 0 aliphatic rings. The Labute approximate surface area is 109 Å². The van der Waals surface area contributed by atoms with Crippen LogP contribution in [0.4, 0.5) is 0 Å². The van der Waals surface area contributed by atoms with E-state index in [0.717, 1.165) is 6.42 Å². The number of esters is 1. The van der Waals surface area contributed by atoms with Crippen LogP contribution in [0.15, 0.2) is 0 Å². The second kappa shape index (κ2) is 8.08. The SMILES string of the molecule is CCCC(C)(NC(=O)CCC(C)OC)C(=O)OC. The van der Waals surface area contributed by atoms with Crippen molar-refractivity contribution in [3.05, 3.63) is 0 Å². The summed E-state index contributed by atoms with van der Waals surface area (Å²) in [5.74, 6) is -0.558. The van der Waals surface area contributed by atoms with Gasteiger partial charge in [-0.2, -0.15) is 0 Å². The number of hydrogen-bond donors (Lipinski definition) is 1. The molecule has 5 nitrogen and oxygen atoms in total. The first-order valence-corrected chi connectivity index (χ1v) is 6.31. The van der Waals surface area contributed by atoms with E-state index >= 15 is 0 Å². The molecule has 0 saturated heterocycles. The molecule has 1 amide bonds. The van der Waals surface area contributed by atoms with Crippen LogP contribution in [0.3, 0.4) is 0 Å². The lowest BCUT2D eigenvalue weighted by atomic mass is 9.96. The molecule has 0 aromatic rings. The third-order valence-electron chi connectivity index (χ3n) is 2.98. The highest BCUT2D eigenvalue weighted by Gasteiger charge is 2.34. The number of carbonyl (C=O) groups excluding carboxylic acids is 2. The monoisotopic (exact) mass is 259 g/mol. The highest BCUT2D eigenvalue weighted by molar-refractivity contribution is 5.87. The van der Waals surface area contributed by atoms with E-state index in [2.05, 4.69) is 5.32 Å². The van der Waals surface area contributed by atoms with Crippen LogP contribution in [-0.4, -0.2) is 37.7 Å². The van der Waals surface area contributed by atoms with Crippen LogP contribution >= 0.6 is 0 Å². The van der Waals surface area contributed by atoms with Gasteiger partial charge in [0.1, 0.15) is 5.54 Å². The van der Waals surface area contributed by atoms with Crippen molar-refractivity contribution in [3.8, 4) is 0 Å². The van der Waals surface area contributed by atoms with E-state index in [1.807, 2.05) is 13.8 Å². The minimum Gasteiger partial charge on any atom is -0.467 e. The standard InChI is InChI=1S/C13H25NO4/c1-6-9-13(3,12(16)18-5)14-11(15)8-7-10(2)17-4/h10H,6-9H2,1-5H3,(H,14,15). The lowest BCUT2D eigenvalue weighted by Crippen LogP contribution is -2.52. The van der Waals surface area contributed by atoms with Crippen LogP contribution in [0.5, 0.6) is 0 Å². The van der Waals surface area contributed by atoms with Gasteiger partial charge in [0.05, 0.1) is 13.2 Å². The molecule has 0 rings (SSSR count). The molecule has 0 spiro atoms. The van der Waals surface area contributed by atoms with Gasteiger partial charge in [-0.15, -0.1) is 0 Å². The molecule has 106 valence electrons. The molecule has 0 aromatic carbocycles. The molecule has 0 fully saturated rings. The molecular formula is C13H25NO4. The van der Waals surface area contributed by atoms with Crippen molar-refractivity contribution in [2.75, 3.05) is 14.2 Å². The number of ether oxygens (including phenoxy) is 2. The van der Waals surface area contributed by atoms with Gasteiger partial charge in [0.15, 0.2) is 0 Å². The molecule has 0 radical (unpaired) electrons. The quantitative estimate of drug-likeness (QED) is 0.673. The fraction of sp³-hybridized carbons (Fsp3) is 0.846. The van der Waals surface area contributed by atoms with E-state index in [1.165, 1.54) is 7.11 Å². The number of amides is 1. The van der Waals surface area contributed by atoms with Crippen molar-refractivity contribution >= 4 is 11.9 Å². The number of hydrogen-bond acceptors (Lipinski definition) is 4. The van der Waals surface area contributed by atoms with Crippen LogP contribution in [0.25, 0.3) is 0 Å². The van der Waals surface area contributed by atoms with Gasteiger partial charge in [-0.1, -0.05) is 13.3 Å². The molecule has 1 N–H and O–H groups in total. The molecule has 0 bridgehead atoms. The fourth-order valence-electron chi connectivity index (χ4n) is 1.76. The van der Waals surface area contributed by atoms with E-state index < -0.39 is 11.5 Å². The van der Waals surface area contributed by atoms with Crippen molar-refractivity contribution in [1.82, 2.24) is 5.32 Å². The summed E-state index contributed by atoms with van der Waals surface area (Å²) in [6, 6.07) is 0. The zero-order valence-electron chi connectivity index (χ0n) is 12.0. The van der Waals surface area contributed by atoms with E-state index in [0.29, 0.717) is 19.3 Å². The van der Waals surface area contributed by atoms with Gasteiger partial charge in [0.2, 0.25) is 5.91 Å². The highest BCUT2D eigenvalue weighted by Crippen LogP contribution is 2.15. The molecule has 0 aromatic heterocycles. The fourth-order valence-corrected chi connectivity index (χ4v) is 1.76. The first-order valence-electron chi connectivity index (χ1n) is 6.31. The van der Waals surface area contributed by atoms with Crippen molar-refractivity contribution < 1.29 is 19.1 Å². The first-order chi connectivity index (χ1) is 8.39. The van der Waals surface area contributed by atoms with Crippen LogP contribution in [0, 0.1) is 0 Å². The third kappa shape index (κ3) is 5.49. The van der Waals surface area contributed by atoms with Gasteiger partial charge in [-0.25, -0.2) is 4.79 Å². The number of methoxy groups -OCH3 is 2. The molecule has 0 aliphatic heterocycles. The van der Waals surface area contributed by atoms with Gasteiger partial charge in [-0.3, -0.25) is 4.79 Å². The summed E-state index contributed by atoms with van der Waals surface area (Å²) < 4.78 is 9.81. The Morgan fingerprint density at radius 3 is 2.39 bits per heavy atom. The minimum absolute atomic E-state index is 0.0336. The maximum Gasteiger partial charge on any atom is 0.331 e. The summed E-state index contributed by atoms with van der Waals surface area (Å²) in [6.45, 7) is 5.55. The zero-order valence-corrected chi connectivity index (χ0v) is 12.0.